The molecular weight excluding hydrogens is 323 g/mol. The number of anilines is 1. The summed E-state index contributed by atoms with van der Waals surface area (Å²) in [6.07, 6.45) is 0.656. The van der Waals surface area contributed by atoms with Crippen LogP contribution in [0, 0.1) is 5.82 Å². The average Bonchev–Trinajstić information content (AvgIpc) is 2.63. The standard InChI is InChI=1S/C19H21FN2O3/c1-13(19(23)21-9-8-14-2-4-15(20)5-3-14)22-16-6-7-17-18(12-16)25-11-10-24-17/h2-7,12-13,22H,8-11H2,1H3,(H,21,23)/t13-/m0/s1. The average molecular weight is 344 g/mol. The summed E-state index contributed by atoms with van der Waals surface area (Å²) < 4.78 is 23.9. The molecule has 1 aliphatic heterocycles. The summed E-state index contributed by atoms with van der Waals surface area (Å²) in [7, 11) is 0. The number of ether oxygens (including phenoxy) is 2. The predicted molar refractivity (Wildman–Crippen MR) is 93.6 cm³/mol. The highest BCUT2D eigenvalue weighted by atomic mass is 19.1. The minimum Gasteiger partial charge on any atom is -0.486 e. The van der Waals surface area contributed by atoms with Gasteiger partial charge in [-0.25, -0.2) is 4.39 Å². The van der Waals surface area contributed by atoms with E-state index >= 15 is 0 Å². The Hall–Kier alpha value is -2.76. The van der Waals surface area contributed by atoms with Gasteiger partial charge in [-0.05, 0) is 43.2 Å². The first kappa shape index (κ1) is 17.1. The second kappa shape index (κ2) is 7.88. The lowest BCUT2D eigenvalue weighted by molar-refractivity contribution is -0.121. The summed E-state index contributed by atoms with van der Waals surface area (Å²) in [4.78, 5) is 12.2. The third kappa shape index (κ3) is 4.62. The first-order valence-electron chi connectivity index (χ1n) is 8.30. The molecule has 132 valence electrons. The summed E-state index contributed by atoms with van der Waals surface area (Å²) in [5, 5.41) is 6.03. The van der Waals surface area contributed by atoms with Crippen molar-refractivity contribution in [3.63, 3.8) is 0 Å². The molecule has 0 saturated heterocycles. The van der Waals surface area contributed by atoms with Gasteiger partial charge in [0.25, 0.3) is 0 Å². The molecule has 0 bridgehead atoms. The Bertz CT molecular complexity index is 734. The zero-order valence-corrected chi connectivity index (χ0v) is 14.0. The van der Waals surface area contributed by atoms with Crippen LogP contribution in [0.1, 0.15) is 12.5 Å². The Morgan fingerprint density at radius 3 is 2.60 bits per heavy atom. The third-order valence-corrected chi connectivity index (χ3v) is 3.94. The van der Waals surface area contributed by atoms with Crippen LogP contribution in [0.15, 0.2) is 42.5 Å². The van der Waals surface area contributed by atoms with Gasteiger partial charge >= 0.3 is 0 Å². The maximum Gasteiger partial charge on any atom is 0.242 e. The van der Waals surface area contributed by atoms with Gasteiger partial charge in [-0.15, -0.1) is 0 Å². The van der Waals surface area contributed by atoms with E-state index in [4.69, 9.17) is 9.47 Å². The summed E-state index contributed by atoms with van der Waals surface area (Å²) in [5.41, 5.74) is 1.78. The van der Waals surface area contributed by atoms with E-state index < -0.39 is 6.04 Å². The normalized spacial score (nSPS) is 13.8. The molecule has 1 amide bonds. The number of hydrogen-bond donors (Lipinski definition) is 2. The van der Waals surface area contributed by atoms with Gasteiger partial charge in [0.1, 0.15) is 25.1 Å². The molecule has 25 heavy (non-hydrogen) atoms. The minimum absolute atomic E-state index is 0.1000. The van der Waals surface area contributed by atoms with Crippen molar-refractivity contribution in [2.75, 3.05) is 25.1 Å². The van der Waals surface area contributed by atoms with E-state index in [1.807, 2.05) is 18.2 Å². The molecule has 3 rings (SSSR count). The lowest BCUT2D eigenvalue weighted by atomic mass is 10.1. The Morgan fingerprint density at radius 2 is 1.84 bits per heavy atom. The van der Waals surface area contributed by atoms with Crippen molar-refractivity contribution in [2.24, 2.45) is 0 Å². The fourth-order valence-electron chi connectivity index (χ4n) is 2.58. The van der Waals surface area contributed by atoms with Gasteiger partial charge in [-0.1, -0.05) is 12.1 Å². The lowest BCUT2D eigenvalue weighted by Gasteiger charge is -2.20. The van der Waals surface area contributed by atoms with Crippen LogP contribution in [0.3, 0.4) is 0 Å². The Morgan fingerprint density at radius 1 is 1.12 bits per heavy atom. The van der Waals surface area contributed by atoms with Crippen LogP contribution in [0.25, 0.3) is 0 Å². The van der Waals surface area contributed by atoms with Crippen LogP contribution in [0.2, 0.25) is 0 Å². The van der Waals surface area contributed by atoms with E-state index in [0.29, 0.717) is 37.7 Å². The smallest absolute Gasteiger partial charge is 0.242 e. The largest absolute Gasteiger partial charge is 0.486 e. The van der Waals surface area contributed by atoms with E-state index in [1.54, 1.807) is 19.1 Å². The molecule has 0 saturated carbocycles. The van der Waals surface area contributed by atoms with Gasteiger partial charge in [0.15, 0.2) is 11.5 Å². The molecule has 0 unspecified atom stereocenters. The molecule has 0 spiro atoms. The number of amides is 1. The number of halogens is 1. The van der Waals surface area contributed by atoms with Crippen molar-refractivity contribution < 1.29 is 18.7 Å². The maximum atomic E-state index is 12.9. The highest BCUT2D eigenvalue weighted by Gasteiger charge is 2.15. The van der Waals surface area contributed by atoms with Gasteiger partial charge in [-0.3, -0.25) is 4.79 Å². The molecule has 0 radical (unpaired) electrons. The van der Waals surface area contributed by atoms with Crippen molar-refractivity contribution >= 4 is 11.6 Å². The van der Waals surface area contributed by atoms with Crippen molar-refractivity contribution in [1.29, 1.82) is 0 Å². The van der Waals surface area contributed by atoms with Crippen LogP contribution in [-0.2, 0) is 11.2 Å². The number of carbonyl (C=O) groups is 1. The zero-order valence-electron chi connectivity index (χ0n) is 14.0. The first-order valence-corrected chi connectivity index (χ1v) is 8.30. The second-order valence-electron chi connectivity index (χ2n) is 5.89. The minimum atomic E-state index is -0.393. The van der Waals surface area contributed by atoms with E-state index in [9.17, 15) is 9.18 Å². The second-order valence-corrected chi connectivity index (χ2v) is 5.89. The van der Waals surface area contributed by atoms with Gasteiger partial charge in [0.05, 0.1) is 0 Å². The molecule has 2 aromatic carbocycles. The molecule has 2 aromatic rings. The summed E-state index contributed by atoms with van der Waals surface area (Å²) in [5.74, 6) is 1.04. The van der Waals surface area contributed by atoms with Crippen molar-refractivity contribution in [2.45, 2.75) is 19.4 Å². The maximum absolute atomic E-state index is 12.9. The lowest BCUT2D eigenvalue weighted by Crippen LogP contribution is -2.38. The number of carbonyl (C=O) groups excluding carboxylic acids is 1. The molecule has 5 nitrogen and oxygen atoms in total. The highest BCUT2D eigenvalue weighted by Crippen LogP contribution is 2.32. The Balaban J connectivity index is 1.48. The predicted octanol–water partition coefficient (Wildman–Crippen LogP) is 2.76. The fraction of sp³-hybridized carbons (Fsp3) is 0.316. The fourth-order valence-corrected chi connectivity index (χ4v) is 2.58. The topological polar surface area (TPSA) is 59.6 Å². The van der Waals surface area contributed by atoms with Gasteiger partial charge in [0.2, 0.25) is 5.91 Å². The highest BCUT2D eigenvalue weighted by molar-refractivity contribution is 5.84. The number of hydrogen-bond acceptors (Lipinski definition) is 4. The van der Waals surface area contributed by atoms with Crippen LogP contribution < -0.4 is 20.1 Å². The molecule has 0 fully saturated rings. The van der Waals surface area contributed by atoms with E-state index in [1.165, 1.54) is 12.1 Å². The quantitative estimate of drug-likeness (QED) is 0.846. The number of nitrogens with one attached hydrogen (secondary N) is 2. The van der Waals surface area contributed by atoms with Gasteiger partial charge < -0.3 is 20.1 Å². The van der Waals surface area contributed by atoms with Gasteiger partial charge in [0, 0.05) is 18.3 Å². The SMILES string of the molecule is C[C@H](Nc1ccc2c(c1)OCCO2)C(=O)NCCc1ccc(F)cc1. The van der Waals surface area contributed by atoms with Crippen molar-refractivity contribution in [3.05, 3.63) is 53.8 Å². The van der Waals surface area contributed by atoms with Crippen molar-refractivity contribution in [3.8, 4) is 11.5 Å². The summed E-state index contributed by atoms with van der Waals surface area (Å²) >= 11 is 0. The molecule has 0 aromatic heterocycles. The molecule has 1 aliphatic rings. The van der Waals surface area contributed by atoms with Crippen molar-refractivity contribution in [1.82, 2.24) is 5.32 Å². The molecular formula is C19H21FN2O3. The van der Waals surface area contributed by atoms with Crippen LogP contribution in [0.5, 0.6) is 11.5 Å². The van der Waals surface area contributed by atoms with Crippen LogP contribution >= 0.6 is 0 Å². The van der Waals surface area contributed by atoms with E-state index in [2.05, 4.69) is 10.6 Å². The molecule has 6 heteroatoms. The molecule has 2 N–H and O–H groups in total. The van der Waals surface area contributed by atoms with Gasteiger partial charge in [-0.2, -0.15) is 0 Å². The molecule has 1 heterocycles. The molecule has 1 atom stereocenters. The van der Waals surface area contributed by atoms with E-state index in [0.717, 1.165) is 11.3 Å². The molecule has 0 aliphatic carbocycles. The van der Waals surface area contributed by atoms with Crippen LogP contribution in [-0.4, -0.2) is 31.7 Å². The number of benzene rings is 2. The zero-order chi connectivity index (χ0) is 17.6. The first-order chi connectivity index (χ1) is 12.1. The summed E-state index contributed by atoms with van der Waals surface area (Å²) in [6.45, 7) is 3.37. The summed E-state index contributed by atoms with van der Waals surface area (Å²) in [6, 6.07) is 11.4. The number of fused-ring (bicyclic) bond motifs is 1. The third-order valence-electron chi connectivity index (χ3n) is 3.94. The monoisotopic (exact) mass is 344 g/mol. The Kier molecular flexibility index (Phi) is 5.38. The van der Waals surface area contributed by atoms with E-state index in [-0.39, 0.29) is 11.7 Å². The Labute approximate surface area is 146 Å². The number of rotatable bonds is 6. The van der Waals surface area contributed by atoms with Crippen LogP contribution in [0.4, 0.5) is 10.1 Å².